The first-order valence-electron chi connectivity index (χ1n) is 13.7. The van der Waals surface area contributed by atoms with Gasteiger partial charge in [-0.25, -0.2) is 0 Å². The molecule has 3 aromatic rings. The van der Waals surface area contributed by atoms with Gasteiger partial charge in [0.25, 0.3) is 0 Å². The van der Waals surface area contributed by atoms with Gasteiger partial charge in [-0.1, -0.05) is 41.4 Å². The zero-order valence-electron chi connectivity index (χ0n) is 25.2. The molecule has 2 amide bonds. The molecular weight excluding hydrogens is 592 g/mol. The molecule has 0 saturated carbocycles. The molecule has 0 aliphatic heterocycles. The molecule has 0 bridgehead atoms. The number of nitrogens with zero attached hydrogens (tertiary/aromatic N) is 4. The monoisotopic (exact) mass is 630 g/mol. The summed E-state index contributed by atoms with van der Waals surface area (Å²) in [4.78, 5) is 24.8. The molecule has 3 rings (SSSR count). The molecule has 0 radical (unpaired) electrons. The summed E-state index contributed by atoms with van der Waals surface area (Å²) >= 11 is 2.73. The number of unbranched alkanes of at least 4 members (excludes halogenated alkanes) is 1. The maximum atomic E-state index is 12.5. The summed E-state index contributed by atoms with van der Waals surface area (Å²) in [7, 11) is 6.26. The van der Waals surface area contributed by atoms with E-state index in [-0.39, 0.29) is 24.7 Å². The second-order valence-corrected chi connectivity index (χ2v) is 11.5. The van der Waals surface area contributed by atoms with Gasteiger partial charge in [0.1, 0.15) is 15.8 Å². The Balaban J connectivity index is 1.35. The van der Waals surface area contributed by atoms with E-state index < -0.39 is 0 Å². The Bertz CT molecular complexity index is 1420. The molecule has 0 atom stereocenters. The predicted octanol–water partition coefficient (Wildman–Crippen LogP) is 5.34. The van der Waals surface area contributed by atoms with Gasteiger partial charge in [0.05, 0.1) is 28.4 Å². The Labute approximate surface area is 259 Å². The van der Waals surface area contributed by atoms with Gasteiger partial charge in [-0.05, 0) is 49.8 Å². The minimum Gasteiger partial charge on any atom is -0.498 e. The molecule has 2 aromatic heterocycles. The van der Waals surface area contributed by atoms with Crippen molar-refractivity contribution < 1.29 is 28.5 Å². The highest BCUT2D eigenvalue weighted by Gasteiger charge is 2.15. The fraction of sp³-hybridized carbons (Fsp3) is 0.448. The number of hydrogen-bond donors (Lipinski definition) is 2. The maximum Gasteiger partial charge on any atom is 0.226 e. The number of para-hydroxylation sites is 1. The van der Waals surface area contributed by atoms with Crippen LogP contribution < -0.4 is 20.1 Å². The summed E-state index contributed by atoms with van der Waals surface area (Å²) < 4.78 is 21.3. The number of hydrogen-bond acceptors (Lipinski definition) is 12. The van der Waals surface area contributed by atoms with Crippen molar-refractivity contribution in [1.82, 2.24) is 20.4 Å². The zero-order chi connectivity index (χ0) is 31.2. The summed E-state index contributed by atoms with van der Waals surface area (Å²) in [6.07, 6.45) is 4.66. The molecule has 0 unspecified atom stereocenters. The van der Waals surface area contributed by atoms with E-state index >= 15 is 0 Å². The van der Waals surface area contributed by atoms with Crippen LogP contribution in [0.25, 0.3) is 0 Å². The summed E-state index contributed by atoms with van der Waals surface area (Å²) in [6, 6.07) is 5.60. The standard InChI is InChI=1S/C29H38N6O6S2/c1-18(26(40-5)19(2)38-3)14-16-22(36)30-28-34-32-24(42-28)12-7-8-13-25-33-35-29(43-25)31-23(37)17-15-20-10-9-11-21(39-4)27(20)41-6/h9-11H,1,7-8,12-17H2,2-6H3,(H,30,34,36)(H,31,35,37). The molecule has 14 heteroatoms. The number of aryl methyl sites for hydroxylation is 3. The quantitative estimate of drug-likeness (QED) is 0.107. The van der Waals surface area contributed by atoms with Crippen molar-refractivity contribution in [1.29, 1.82) is 0 Å². The van der Waals surface area contributed by atoms with Gasteiger partial charge in [0.15, 0.2) is 17.3 Å². The molecule has 0 saturated heterocycles. The molecule has 2 heterocycles. The molecule has 2 N–H and O–H groups in total. The Hall–Kier alpha value is -4.04. The zero-order valence-corrected chi connectivity index (χ0v) is 26.8. The molecule has 232 valence electrons. The average Bonchev–Trinajstić information content (AvgIpc) is 3.65. The first-order chi connectivity index (χ1) is 20.8. The van der Waals surface area contributed by atoms with Crippen LogP contribution in [0, 0.1) is 0 Å². The van der Waals surface area contributed by atoms with E-state index in [1.165, 1.54) is 22.7 Å². The highest BCUT2D eigenvalue weighted by Crippen LogP contribution is 2.31. The minimum absolute atomic E-state index is 0.144. The smallest absolute Gasteiger partial charge is 0.226 e. The highest BCUT2D eigenvalue weighted by molar-refractivity contribution is 7.15. The van der Waals surface area contributed by atoms with Crippen LogP contribution in [0.2, 0.25) is 0 Å². The second-order valence-electron chi connectivity index (χ2n) is 9.36. The van der Waals surface area contributed by atoms with Crippen LogP contribution in [0.4, 0.5) is 10.3 Å². The Morgan fingerprint density at radius 1 is 0.791 bits per heavy atom. The first kappa shape index (κ1) is 33.5. The fourth-order valence-corrected chi connectivity index (χ4v) is 5.73. The number of methoxy groups -OCH3 is 4. The van der Waals surface area contributed by atoms with Crippen LogP contribution >= 0.6 is 22.7 Å². The van der Waals surface area contributed by atoms with Crippen molar-refractivity contribution >= 4 is 44.8 Å². The number of anilines is 2. The van der Waals surface area contributed by atoms with Crippen LogP contribution in [0.3, 0.4) is 0 Å². The van der Waals surface area contributed by atoms with Crippen molar-refractivity contribution in [2.45, 2.75) is 58.3 Å². The molecule has 12 nitrogen and oxygen atoms in total. The molecule has 0 aliphatic carbocycles. The van der Waals surface area contributed by atoms with Crippen LogP contribution in [-0.4, -0.2) is 60.6 Å². The number of nitrogens with one attached hydrogen (secondary N) is 2. The highest BCUT2D eigenvalue weighted by atomic mass is 32.1. The van der Waals surface area contributed by atoms with Crippen molar-refractivity contribution in [3.8, 4) is 11.5 Å². The Morgan fingerprint density at radius 3 is 1.93 bits per heavy atom. The third kappa shape index (κ3) is 10.3. The van der Waals surface area contributed by atoms with Gasteiger partial charge in [0, 0.05) is 25.7 Å². The Kier molecular flexibility index (Phi) is 13.4. The van der Waals surface area contributed by atoms with Gasteiger partial charge in [-0.3, -0.25) is 9.59 Å². The van der Waals surface area contributed by atoms with Crippen LogP contribution in [0.15, 0.2) is 41.9 Å². The van der Waals surface area contributed by atoms with Gasteiger partial charge < -0.3 is 29.6 Å². The van der Waals surface area contributed by atoms with Crippen LogP contribution in [0.1, 0.15) is 54.6 Å². The van der Waals surface area contributed by atoms with E-state index in [0.29, 0.717) is 51.7 Å². The predicted molar refractivity (Wildman–Crippen MR) is 167 cm³/mol. The van der Waals surface area contributed by atoms with Gasteiger partial charge >= 0.3 is 0 Å². The van der Waals surface area contributed by atoms with Crippen molar-refractivity contribution in [3.05, 3.63) is 57.4 Å². The molecule has 1 aromatic carbocycles. The van der Waals surface area contributed by atoms with Crippen LogP contribution in [0.5, 0.6) is 11.5 Å². The number of rotatable bonds is 18. The molecule has 0 spiro atoms. The average molecular weight is 631 g/mol. The number of ether oxygens (including phenoxy) is 4. The number of amides is 2. The number of aromatic nitrogens is 4. The lowest BCUT2D eigenvalue weighted by Crippen LogP contribution is -2.12. The molecular formula is C29H38N6O6S2. The van der Waals surface area contributed by atoms with E-state index in [1.54, 1.807) is 35.4 Å². The van der Waals surface area contributed by atoms with E-state index in [1.807, 2.05) is 18.2 Å². The van der Waals surface area contributed by atoms with E-state index in [2.05, 4.69) is 37.6 Å². The molecule has 0 fully saturated rings. The second kappa shape index (κ2) is 17.2. The molecule has 43 heavy (non-hydrogen) atoms. The van der Waals surface area contributed by atoms with E-state index in [0.717, 1.165) is 41.3 Å². The Morgan fingerprint density at radius 2 is 1.40 bits per heavy atom. The third-order valence-electron chi connectivity index (χ3n) is 6.37. The van der Waals surface area contributed by atoms with Gasteiger partial charge in [-0.2, -0.15) is 0 Å². The summed E-state index contributed by atoms with van der Waals surface area (Å²) in [6.45, 7) is 5.76. The number of allylic oxidation sites excluding steroid dienone is 2. The van der Waals surface area contributed by atoms with E-state index in [4.69, 9.17) is 18.9 Å². The van der Waals surface area contributed by atoms with Crippen molar-refractivity contribution in [2.24, 2.45) is 0 Å². The lowest BCUT2D eigenvalue weighted by atomic mass is 10.1. The maximum absolute atomic E-state index is 12.5. The van der Waals surface area contributed by atoms with E-state index in [9.17, 15) is 9.59 Å². The number of benzene rings is 1. The number of carbonyl (C=O) groups is 2. The largest absolute Gasteiger partial charge is 0.498 e. The van der Waals surface area contributed by atoms with Gasteiger partial charge in [0.2, 0.25) is 22.1 Å². The van der Waals surface area contributed by atoms with Gasteiger partial charge in [-0.15, -0.1) is 20.4 Å². The van der Waals surface area contributed by atoms with Crippen LogP contribution in [-0.2, 0) is 38.3 Å². The fourth-order valence-electron chi connectivity index (χ4n) is 4.13. The minimum atomic E-state index is -0.173. The normalized spacial score (nSPS) is 11.4. The SMILES string of the molecule is C=C(CCC(=O)Nc1nnc(CCCCc2nnc(NC(=O)CCc3cccc(OC)c3OC)s2)s1)C(OC)=C(C)OC. The molecule has 0 aliphatic rings. The summed E-state index contributed by atoms with van der Waals surface area (Å²) in [5.74, 6) is 2.11. The lowest BCUT2D eigenvalue weighted by Gasteiger charge is -2.12. The summed E-state index contributed by atoms with van der Waals surface area (Å²) in [5, 5.41) is 24.8. The van der Waals surface area contributed by atoms with Crippen molar-refractivity contribution in [3.63, 3.8) is 0 Å². The lowest BCUT2D eigenvalue weighted by molar-refractivity contribution is -0.117. The topological polar surface area (TPSA) is 147 Å². The number of carbonyl (C=O) groups excluding carboxylic acids is 2. The van der Waals surface area contributed by atoms with Crippen molar-refractivity contribution in [2.75, 3.05) is 39.1 Å². The third-order valence-corrected chi connectivity index (χ3v) is 8.17. The first-order valence-corrected chi connectivity index (χ1v) is 15.3. The summed E-state index contributed by atoms with van der Waals surface area (Å²) in [5.41, 5.74) is 1.58.